The van der Waals surface area contributed by atoms with Crippen LogP contribution < -0.4 is 10.6 Å². The van der Waals surface area contributed by atoms with Crippen LogP contribution in [0, 0.1) is 0 Å². The average Bonchev–Trinajstić information content (AvgIpc) is 2.77. The van der Waals surface area contributed by atoms with Crippen molar-refractivity contribution in [1.29, 1.82) is 0 Å². The van der Waals surface area contributed by atoms with Crippen molar-refractivity contribution in [2.75, 3.05) is 26.7 Å². The van der Waals surface area contributed by atoms with Crippen LogP contribution in [0.5, 0.6) is 0 Å². The first-order valence-electron chi connectivity index (χ1n) is 6.88. The molecule has 1 saturated heterocycles. The summed E-state index contributed by atoms with van der Waals surface area (Å²) in [6, 6.07) is 0.382. The molecule has 1 aliphatic heterocycles. The molecule has 5 heteroatoms. The minimum atomic E-state index is -0.0662. The Bertz CT molecular complexity index is 286. The van der Waals surface area contributed by atoms with Crippen LogP contribution in [-0.4, -0.2) is 49.4 Å². The van der Waals surface area contributed by atoms with Crippen LogP contribution in [0.15, 0.2) is 0 Å². The zero-order chi connectivity index (χ0) is 13.4. The van der Waals surface area contributed by atoms with Crippen molar-refractivity contribution in [2.45, 2.75) is 38.6 Å². The van der Waals surface area contributed by atoms with E-state index < -0.39 is 0 Å². The summed E-state index contributed by atoms with van der Waals surface area (Å²) in [4.78, 5) is 24.8. The van der Waals surface area contributed by atoms with Crippen LogP contribution in [0.3, 0.4) is 0 Å². The summed E-state index contributed by atoms with van der Waals surface area (Å²) in [6.07, 6.45) is 3.35. The smallest absolute Gasteiger partial charge is 0.234 e. The Morgan fingerprint density at radius 2 is 2.29 bits per heavy atom. The molecule has 17 heavy (non-hydrogen) atoms. The van der Waals surface area contributed by atoms with Crippen molar-refractivity contribution < 1.29 is 11.0 Å². The zero-order valence-electron chi connectivity index (χ0n) is 11.5. The highest BCUT2D eigenvalue weighted by atomic mass is 16.2. The number of rotatable bonds is 6. The van der Waals surface area contributed by atoms with Gasteiger partial charge in [-0.3, -0.25) is 14.5 Å². The summed E-state index contributed by atoms with van der Waals surface area (Å²) < 4.78 is 7.25. The Morgan fingerprint density at radius 1 is 1.47 bits per heavy atom. The molecule has 0 aromatic heterocycles. The monoisotopic (exact) mass is 249 g/mol. The van der Waals surface area contributed by atoms with Gasteiger partial charge in [0.2, 0.25) is 11.8 Å². The largest absolute Gasteiger partial charge is 0.359 e. The van der Waals surface area contributed by atoms with Gasteiger partial charge in [0.1, 0.15) is 0 Å². The molecule has 0 radical (unpaired) electrons. The Morgan fingerprint density at radius 3 is 3.00 bits per heavy atom. The van der Waals surface area contributed by atoms with Crippen LogP contribution in [0.1, 0.15) is 34.0 Å². The number of carbonyl (C=O) groups is 2. The number of hydrogen-bond donors (Lipinski definition) is 2. The van der Waals surface area contributed by atoms with E-state index in [9.17, 15) is 9.59 Å². The Kier molecular flexibility index (Phi) is 5.29. The van der Waals surface area contributed by atoms with E-state index in [1.807, 2.05) is 0 Å². The summed E-state index contributed by atoms with van der Waals surface area (Å²) in [5, 5.41) is 5.26. The molecular weight excluding hydrogens is 225 g/mol. The molecule has 1 heterocycles. The predicted molar refractivity (Wildman–Crippen MR) is 66.6 cm³/mol. The Labute approximate surface area is 104 Å². The summed E-state index contributed by atoms with van der Waals surface area (Å²) in [6.45, 7) is 2.13. The van der Waals surface area contributed by atoms with Gasteiger partial charge < -0.3 is 10.6 Å². The molecule has 2 amide bonds. The summed E-state index contributed by atoms with van der Waals surface area (Å²) >= 11 is 0. The fraction of sp³-hybridized carbons (Fsp3) is 0.833. The number of nitrogens with one attached hydrogen (secondary N) is 2. The zero-order valence-corrected chi connectivity index (χ0v) is 10.5. The lowest BCUT2D eigenvalue weighted by Crippen LogP contribution is -2.40. The van der Waals surface area contributed by atoms with Gasteiger partial charge in [-0.2, -0.15) is 0 Å². The van der Waals surface area contributed by atoms with Gasteiger partial charge in [0.25, 0.3) is 0 Å². The van der Waals surface area contributed by atoms with Crippen LogP contribution >= 0.6 is 0 Å². The molecule has 1 rings (SSSR count). The summed E-state index contributed by atoms with van der Waals surface area (Å²) in [5.41, 5.74) is 0. The minimum Gasteiger partial charge on any atom is -0.359 e. The lowest BCUT2D eigenvalue weighted by Gasteiger charge is -2.22. The van der Waals surface area contributed by atoms with E-state index in [2.05, 4.69) is 15.5 Å². The van der Waals surface area contributed by atoms with E-state index in [0.717, 1.165) is 25.8 Å². The summed E-state index contributed by atoms with van der Waals surface area (Å²) in [7, 11) is 1.58. The van der Waals surface area contributed by atoms with E-state index in [1.165, 1.54) is 0 Å². The molecule has 0 aromatic carbocycles. The topological polar surface area (TPSA) is 61.4 Å². The maximum absolute atomic E-state index is 11.7. The van der Waals surface area contributed by atoms with E-state index in [4.69, 9.17) is 1.37 Å². The molecule has 0 bridgehead atoms. The molecular formula is C12H23N3O2. The third-order valence-corrected chi connectivity index (χ3v) is 3.13. The maximum atomic E-state index is 11.7. The first-order chi connectivity index (χ1) is 8.67. The normalized spacial score (nSPS) is 21.0. The van der Waals surface area contributed by atoms with Gasteiger partial charge in [-0.25, -0.2) is 0 Å². The summed E-state index contributed by atoms with van der Waals surface area (Å²) in [5.74, 6) is -0.0978. The third kappa shape index (κ3) is 4.73. The average molecular weight is 249 g/mol. The molecule has 1 unspecified atom stereocenters. The van der Waals surface area contributed by atoms with Crippen LogP contribution in [0.25, 0.3) is 0 Å². The fourth-order valence-electron chi connectivity index (χ4n) is 2.11. The van der Waals surface area contributed by atoms with Crippen LogP contribution in [-0.2, 0) is 9.59 Å². The lowest BCUT2D eigenvalue weighted by molar-refractivity contribution is -0.123. The Hall–Kier alpha value is -1.10. The van der Waals surface area contributed by atoms with E-state index in [0.29, 0.717) is 32.5 Å². The number of nitrogens with zero attached hydrogens (tertiary/aromatic N) is 1. The molecule has 0 saturated carbocycles. The number of carbonyl (C=O) groups excluding carboxylic acids is 2. The van der Waals surface area contributed by atoms with Gasteiger partial charge in [-0.1, -0.05) is 6.90 Å². The van der Waals surface area contributed by atoms with E-state index >= 15 is 0 Å². The van der Waals surface area contributed by atoms with E-state index in [-0.39, 0.29) is 11.8 Å². The second kappa shape index (κ2) is 7.27. The molecule has 98 valence electrons. The minimum absolute atomic E-state index is 0.0317. The third-order valence-electron chi connectivity index (χ3n) is 3.13. The first-order valence-corrected chi connectivity index (χ1v) is 6.18. The number of amides is 2. The second-order valence-electron chi connectivity index (χ2n) is 4.33. The van der Waals surface area contributed by atoms with Crippen molar-refractivity contribution in [3.05, 3.63) is 0 Å². The highest BCUT2D eigenvalue weighted by Gasteiger charge is 2.24. The predicted octanol–water partition coefficient (Wildman–Crippen LogP) is 0.113. The standard InChI is InChI=1S/C12H23N3O2/c1-3-10-5-4-8-15(10)9-12(17)14-7-6-11(16)13-2/h10H,3-9H2,1-2H3,(H,13,16)(H,14,17)/i1D,2+1,3+1,4+1,5+1,8+1,10+1,13+1. The molecule has 0 spiro atoms. The van der Waals surface area contributed by atoms with Crippen LogP contribution in [0.2, 0.25) is 0 Å². The van der Waals surface area contributed by atoms with Crippen molar-refractivity contribution in [3.63, 3.8) is 0 Å². The molecule has 2 N–H and O–H groups in total. The Balaban J connectivity index is 2.20. The molecule has 5 nitrogen and oxygen atoms in total. The molecule has 1 fully saturated rings. The van der Waals surface area contributed by atoms with Gasteiger partial charge in [0.05, 0.1) is 6.54 Å². The molecule has 0 aromatic rings. The highest BCUT2D eigenvalue weighted by Crippen LogP contribution is 2.18. The maximum Gasteiger partial charge on any atom is 0.234 e. The van der Waals surface area contributed by atoms with Gasteiger partial charge in [0.15, 0.2) is 0 Å². The number of likely N-dealkylation sites (tertiary alicyclic amines) is 1. The van der Waals surface area contributed by atoms with Gasteiger partial charge >= 0.3 is 0 Å². The van der Waals surface area contributed by atoms with Crippen molar-refractivity contribution in [3.8, 4) is 0 Å². The van der Waals surface area contributed by atoms with Crippen molar-refractivity contribution in [2.24, 2.45) is 0 Å². The first kappa shape index (κ1) is 12.4. The van der Waals surface area contributed by atoms with Crippen molar-refractivity contribution >= 4 is 11.8 Å². The quantitative estimate of drug-likeness (QED) is 0.519. The SMILES string of the molecule is [2H]C[13CH2][13CH]1[13CH2][13CH2][13CH2]N1CC(=O)NCCC(=O)[15NH][13CH3]. The van der Waals surface area contributed by atoms with Gasteiger partial charge in [0, 0.05) is 27.4 Å². The molecule has 1 aliphatic rings. The highest BCUT2D eigenvalue weighted by molar-refractivity contribution is 5.80. The van der Waals surface area contributed by atoms with Crippen molar-refractivity contribution in [1.82, 2.24) is 15.5 Å². The van der Waals surface area contributed by atoms with Gasteiger partial charge in [-0.05, 0) is 25.8 Å². The second-order valence-corrected chi connectivity index (χ2v) is 4.33. The van der Waals surface area contributed by atoms with Crippen LogP contribution in [0.4, 0.5) is 0 Å². The van der Waals surface area contributed by atoms with E-state index in [1.54, 1.807) is 7.05 Å². The number of hydrogen-bond acceptors (Lipinski definition) is 3. The molecule has 0 aliphatic carbocycles. The fourth-order valence-corrected chi connectivity index (χ4v) is 2.11. The van der Waals surface area contributed by atoms with Gasteiger partial charge in [-0.15, -0.1) is 0 Å². The molecule has 1 atom stereocenters. The lowest BCUT2D eigenvalue weighted by atomic mass is 10.4.